The molecule has 1 unspecified atom stereocenters. The lowest BCUT2D eigenvalue weighted by Crippen LogP contribution is -2.25. The Morgan fingerprint density at radius 3 is 2.65 bits per heavy atom. The van der Waals surface area contributed by atoms with Crippen LogP contribution in [-0.2, 0) is 4.79 Å². The predicted molar refractivity (Wildman–Crippen MR) is 62.4 cm³/mol. The number of Topliss-reactive ketones (excluding diaryl/α,β-unsaturated/α-hetero) is 1. The number of nitriles is 1. The molecule has 1 aromatic rings. The number of benzene rings is 1. The molecule has 1 N–H and O–H groups in total. The molecule has 0 amide bonds. The number of rotatable bonds is 3. The highest BCUT2D eigenvalue weighted by Crippen LogP contribution is 2.16. The van der Waals surface area contributed by atoms with Gasteiger partial charge in [-0.2, -0.15) is 5.26 Å². The summed E-state index contributed by atoms with van der Waals surface area (Å²) < 4.78 is 25.9. The number of ketones is 1. The molecule has 0 heterocycles. The third kappa shape index (κ3) is 3.29. The third-order valence-corrected chi connectivity index (χ3v) is 2.32. The van der Waals surface area contributed by atoms with Crippen LogP contribution in [0.1, 0.15) is 6.92 Å². The summed E-state index contributed by atoms with van der Waals surface area (Å²) in [6, 6.07) is 4.57. The van der Waals surface area contributed by atoms with Gasteiger partial charge in [-0.1, -0.05) is 12.2 Å². The molecule has 1 aromatic carbocycles. The minimum absolute atomic E-state index is 0.0714. The van der Waals surface area contributed by atoms with Crippen molar-refractivity contribution in [3.05, 3.63) is 29.8 Å². The summed E-state index contributed by atoms with van der Waals surface area (Å²) in [7, 11) is 0. The average Bonchev–Trinajstić information content (AvgIpc) is 2.22. The van der Waals surface area contributed by atoms with Gasteiger partial charge >= 0.3 is 0 Å². The van der Waals surface area contributed by atoms with Gasteiger partial charge in [0.1, 0.15) is 16.6 Å². The third-order valence-electron chi connectivity index (χ3n) is 1.99. The van der Waals surface area contributed by atoms with Crippen molar-refractivity contribution in [3.63, 3.8) is 0 Å². The molecule has 1 rings (SSSR count). The molecule has 0 radical (unpaired) electrons. The Hall–Kier alpha value is -1.87. The summed E-state index contributed by atoms with van der Waals surface area (Å²) in [6.07, 6.45) is 0. The maximum absolute atomic E-state index is 13.2. The fourth-order valence-corrected chi connectivity index (χ4v) is 1.46. The minimum atomic E-state index is -1.13. The summed E-state index contributed by atoms with van der Waals surface area (Å²) in [5.74, 6) is -3.13. The summed E-state index contributed by atoms with van der Waals surface area (Å²) in [4.78, 5) is 10.9. The summed E-state index contributed by atoms with van der Waals surface area (Å²) >= 11 is 4.81. The fourth-order valence-electron chi connectivity index (χ4n) is 1.13. The Labute approximate surface area is 102 Å². The van der Waals surface area contributed by atoms with E-state index in [2.05, 4.69) is 5.32 Å². The number of anilines is 1. The highest BCUT2D eigenvalue weighted by molar-refractivity contribution is 7.80. The molecule has 0 bridgehead atoms. The first-order chi connectivity index (χ1) is 7.95. The number of nitrogens with zero attached hydrogens (tertiary/aromatic N) is 1. The highest BCUT2D eigenvalue weighted by atomic mass is 32.1. The molecule has 0 fully saturated rings. The largest absolute Gasteiger partial charge is 0.346 e. The first-order valence-corrected chi connectivity index (χ1v) is 5.02. The number of carbonyl (C=O) groups is 1. The van der Waals surface area contributed by atoms with Gasteiger partial charge in [-0.3, -0.25) is 4.79 Å². The zero-order valence-corrected chi connectivity index (χ0v) is 9.65. The molecule has 0 aliphatic rings. The number of hydrogen-bond donors (Lipinski definition) is 1. The number of thiocarbonyl (C=S) groups is 1. The molecule has 88 valence electrons. The fraction of sp³-hybridized carbons (Fsp3) is 0.182. The van der Waals surface area contributed by atoms with Gasteiger partial charge in [0.15, 0.2) is 11.7 Å². The van der Waals surface area contributed by atoms with Gasteiger partial charge in [0.05, 0.1) is 11.8 Å². The molecule has 6 heteroatoms. The van der Waals surface area contributed by atoms with E-state index >= 15 is 0 Å². The van der Waals surface area contributed by atoms with E-state index in [9.17, 15) is 13.6 Å². The molecule has 0 aliphatic heterocycles. The summed E-state index contributed by atoms with van der Waals surface area (Å²) in [5, 5.41) is 11.1. The van der Waals surface area contributed by atoms with Crippen molar-refractivity contribution in [3.8, 4) is 6.07 Å². The van der Waals surface area contributed by atoms with Crippen molar-refractivity contribution >= 4 is 28.7 Å². The molecule has 17 heavy (non-hydrogen) atoms. The van der Waals surface area contributed by atoms with E-state index in [1.54, 1.807) is 6.07 Å². The zero-order chi connectivity index (χ0) is 13.0. The van der Waals surface area contributed by atoms with Crippen LogP contribution in [0.15, 0.2) is 18.2 Å². The number of carbonyl (C=O) groups excluding carboxylic acids is 1. The van der Waals surface area contributed by atoms with Crippen molar-refractivity contribution in [2.75, 3.05) is 5.32 Å². The highest BCUT2D eigenvalue weighted by Gasteiger charge is 2.19. The average molecular weight is 254 g/mol. The van der Waals surface area contributed by atoms with E-state index in [1.165, 1.54) is 6.92 Å². The van der Waals surface area contributed by atoms with Crippen LogP contribution in [0.2, 0.25) is 0 Å². The van der Waals surface area contributed by atoms with Crippen LogP contribution in [0.5, 0.6) is 0 Å². The molecule has 1 atom stereocenters. The van der Waals surface area contributed by atoms with E-state index in [1.807, 2.05) is 0 Å². The van der Waals surface area contributed by atoms with Crippen LogP contribution in [-0.4, -0.2) is 10.8 Å². The minimum Gasteiger partial charge on any atom is -0.346 e. The molecular weight excluding hydrogens is 246 g/mol. The van der Waals surface area contributed by atoms with Crippen LogP contribution >= 0.6 is 12.2 Å². The van der Waals surface area contributed by atoms with Crippen LogP contribution < -0.4 is 5.32 Å². The zero-order valence-electron chi connectivity index (χ0n) is 8.83. The Kier molecular flexibility index (Phi) is 4.24. The lowest BCUT2D eigenvalue weighted by Gasteiger charge is -2.11. The Morgan fingerprint density at radius 2 is 2.18 bits per heavy atom. The Bertz CT molecular complexity index is 511. The predicted octanol–water partition coefficient (Wildman–Crippen LogP) is 2.43. The molecule has 0 aromatic heterocycles. The van der Waals surface area contributed by atoms with Crippen LogP contribution in [0.4, 0.5) is 14.5 Å². The van der Waals surface area contributed by atoms with Crippen molar-refractivity contribution < 1.29 is 13.6 Å². The van der Waals surface area contributed by atoms with Gasteiger partial charge in [0.25, 0.3) is 0 Å². The van der Waals surface area contributed by atoms with E-state index in [0.29, 0.717) is 6.07 Å². The van der Waals surface area contributed by atoms with E-state index in [-0.39, 0.29) is 10.7 Å². The topological polar surface area (TPSA) is 52.9 Å². The molecule has 3 nitrogen and oxygen atoms in total. The number of hydrogen-bond acceptors (Lipinski definition) is 3. The van der Waals surface area contributed by atoms with Gasteiger partial charge in [-0.15, -0.1) is 0 Å². The Morgan fingerprint density at radius 1 is 1.53 bits per heavy atom. The molecule has 0 spiro atoms. The maximum Gasteiger partial charge on any atom is 0.155 e. The van der Waals surface area contributed by atoms with E-state index < -0.39 is 23.3 Å². The lowest BCUT2D eigenvalue weighted by molar-refractivity contribution is -0.117. The second-order valence-electron chi connectivity index (χ2n) is 3.29. The van der Waals surface area contributed by atoms with Gasteiger partial charge in [-0.05, 0) is 19.1 Å². The standard InChI is InChI=1S/C11H8F2N2OS/c1-6(16)8(5-14)11(17)15-10-3-2-7(12)4-9(10)13/h2-4,8H,1H3,(H,15,17). The quantitative estimate of drug-likeness (QED) is 0.842. The van der Waals surface area contributed by atoms with Gasteiger partial charge in [0, 0.05) is 6.07 Å². The van der Waals surface area contributed by atoms with Gasteiger partial charge in [0.2, 0.25) is 0 Å². The van der Waals surface area contributed by atoms with E-state index in [4.69, 9.17) is 17.5 Å². The van der Waals surface area contributed by atoms with Crippen molar-refractivity contribution in [1.29, 1.82) is 5.26 Å². The van der Waals surface area contributed by atoms with E-state index in [0.717, 1.165) is 12.1 Å². The van der Waals surface area contributed by atoms with Crippen molar-refractivity contribution in [1.82, 2.24) is 0 Å². The number of nitrogens with one attached hydrogen (secondary N) is 1. The van der Waals surface area contributed by atoms with Crippen LogP contribution in [0.3, 0.4) is 0 Å². The lowest BCUT2D eigenvalue weighted by atomic mass is 10.1. The van der Waals surface area contributed by atoms with Crippen molar-refractivity contribution in [2.45, 2.75) is 6.92 Å². The van der Waals surface area contributed by atoms with Crippen LogP contribution in [0, 0.1) is 28.9 Å². The summed E-state index contributed by atoms with van der Waals surface area (Å²) in [5.41, 5.74) is -0.0714. The Balaban J connectivity index is 2.88. The van der Waals surface area contributed by atoms with Gasteiger partial charge in [-0.25, -0.2) is 8.78 Å². The molecule has 0 aliphatic carbocycles. The van der Waals surface area contributed by atoms with Crippen molar-refractivity contribution in [2.24, 2.45) is 5.92 Å². The molecule has 0 saturated heterocycles. The first kappa shape index (κ1) is 13.2. The second-order valence-corrected chi connectivity index (χ2v) is 3.73. The normalized spacial score (nSPS) is 11.4. The molecular formula is C11H8F2N2OS. The number of halogens is 2. The van der Waals surface area contributed by atoms with Gasteiger partial charge < -0.3 is 5.32 Å². The monoisotopic (exact) mass is 254 g/mol. The molecule has 0 saturated carbocycles. The second kappa shape index (κ2) is 5.46. The maximum atomic E-state index is 13.2. The first-order valence-electron chi connectivity index (χ1n) is 4.61. The van der Waals surface area contributed by atoms with Crippen LogP contribution in [0.25, 0.3) is 0 Å². The smallest absolute Gasteiger partial charge is 0.155 e. The summed E-state index contributed by atoms with van der Waals surface area (Å²) in [6.45, 7) is 1.21. The SMILES string of the molecule is CC(=O)C(C#N)C(=S)Nc1ccc(F)cc1F.